The van der Waals surface area contributed by atoms with Crippen LogP contribution in [0.5, 0.6) is 0 Å². The monoisotopic (exact) mass is 351 g/mol. The average Bonchev–Trinajstić information content (AvgIpc) is 3.11. The van der Waals surface area contributed by atoms with Crippen LogP contribution in [-0.4, -0.2) is 42.6 Å². The van der Waals surface area contributed by atoms with Crippen molar-refractivity contribution in [3.05, 3.63) is 60.4 Å². The highest BCUT2D eigenvalue weighted by atomic mass is 16.2. The molecule has 0 radical (unpaired) electrons. The first-order chi connectivity index (χ1) is 12.5. The molecule has 1 aromatic carbocycles. The molecular weight excluding hydrogens is 330 g/mol. The van der Waals surface area contributed by atoms with Crippen LogP contribution in [0.1, 0.15) is 36.1 Å². The maximum Gasteiger partial charge on any atom is 0.257 e. The highest BCUT2D eigenvalue weighted by Gasteiger charge is 2.17. The molecule has 3 rings (SSSR count). The van der Waals surface area contributed by atoms with Crippen molar-refractivity contribution in [2.45, 2.75) is 26.4 Å². The Morgan fingerprint density at radius 1 is 1.19 bits per heavy atom. The summed E-state index contributed by atoms with van der Waals surface area (Å²) >= 11 is 0. The zero-order valence-corrected chi connectivity index (χ0v) is 15.0. The number of carbonyl (C=O) groups excluding carboxylic acids is 1. The van der Waals surface area contributed by atoms with Gasteiger partial charge < -0.3 is 14.8 Å². The fraction of sp³-hybridized carbons (Fsp3) is 0.278. The summed E-state index contributed by atoms with van der Waals surface area (Å²) in [5.74, 6) is 1.00. The highest BCUT2D eigenvalue weighted by molar-refractivity contribution is 5.93. The van der Waals surface area contributed by atoms with E-state index in [1.165, 1.54) is 12.4 Å². The average molecular weight is 351 g/mol. The van der Waals surface area contributed by atoms with Crippen molar-refractivity contribution < 1.29 is 4.79 Å². The van der Waals surface area contributed by atoms with Gasteiger partial charge in [0.05, 0.1) is 12.1 Å². The van der Waals surface area contributed by atoms with E-state index in [1.54, 1.807) is 18.3 Å². The van der Waals surface area contributed by atoms with E-state index in [1.807, 2.05) is 48.7 Å². The molecule has 0 saturated heterocycles. The van der Waals surface area contributed by atoms with Gasteiger partial charge in [-0.1, -0.05) is 18.2 Å². The van der Waals surface area contributed by atoms with E-state index in [9.17, 15) is 4.79 Å². The Hall–Kier alpha value is -3.29. The van der Waals surface area contributed by atoms with Crippen LogP contribution in [0.2, 0.25) is 0 Å². The number of carbonyl (C=O) groups is 1. The van der Waals surface area contributed by atoms with Gasteiger partial charge in [-0.25, -0.2) is 9.97 Å². The van der Waals surface area contributed by atoms with Crippen LogP contribution in [0.15, 0.2) is 49.1 Å². The number of hydrogen-bond donors (Lipinski definition) is 1. The molecule has 3 aromatic rings. The van der Waals surface area contributed by atoms with Crippen LogP contribution >= 0.6 is 0 Å². The minimum atomic E-state index is -0.172. The second kappa shape index (κ2) is 7.73. The Morgan fingerprint density at radius 2 is 1.88 bits per heavy atom. The molecule has 0 bridgehead atoms. The minimum Gasteiger partial charge on any atom is -0.334 e. The molecule has 26 heavy (non-hydrogen) atoms. The number of aromatic nitrogens is 5. The van der Waals surface area contributed by atoms with Crippen LogP contribution in [0.3, 0.4) is 0 Å². The number of nitrogens with zero attached hydrogens (tertiary/aromatic N) is 6. The van der Waals surface area contributed by atoms with Gasteiger partial charge in [0.15, 0.2) is 5.82 Å². The molecule has 134 valence electrons. The third-order valence-electron chi connectivity index (χ3n) is 3.86. The molecule has 0 aliphatic rings. The fourth-order valence-corrected chi connectivity index (χ4v) is 2.47. The predicted molar refractivity (Wildman–Crippen MR) is 98.0 cm³/mol. The van der Waals surface area contributed by atoms with E-state index in [2.05, 4.69) is 25.5 Å². The Bertz CT molecular complexity index is 859. The highest BCUT2D eigenvalue weighted by Crippen LogP contribution is 2.13. The molecule has 0 spiro atoms. The summed E-state index contributed by atoms with van der Waals surface area (Å²) in [7, 11) is 1.72. The van der Waals surface area contributed by atoms with Crippen LogP contribution < -0.4 is 5.32 Å². The van der Waals surface area contributed by atoms with Gasteiger partial charge in [-0.2, -0.15) is 0 Å². The Labute approximate surface area is 151 Å². The molecule has 2 heterocycles. The molecule has 0 fully saturated rings. The van der Waals surface area contributed by atoms with Crippen molar-refractivity contribution in [3.8, 4) is 0 Å². The molecule has 0 aliphatic heterocycles. The van der Waals surface area contributed by atoms with E-state index >= 15 is 0 Å². The van der Waals surface area contributed by atoms with Crippen molar-refractivity contribution in [2.75, 3.05) is 12.4 Å². The number of para-hydroxylation sites is 1. The molecular formula is C18H21N7O. The van der Waals surface area contributed by atoms with Crippen molar-refractivity contribution in [1.82, 2.24) is 29.6 Å². The van der Waals surface area contributed by atoms with Gasteiger partial charge in [0.25, 0.3) is 5.91 Å². The number of rotatable bonds is 6. The maximum absolute atomic E-state index is 12.6. The van der Waals surface area contributed by atoms with Gasteiger partial charge in [0.1, 0.15) is 6.33 Å². The molecule has 2 aromatic heterocycles. The van der Waals surface area contributed by atoms with Crippen LogP contribution in [0.25, 0.3) is 0 Å². The van der Waals surface area contributed by atoms with Gasteiger partial charge in [-0.3, -0.25) is 4.79 Å². The van der Waals surface area contributed by atoms with E-state index in [0.717, 1.165) is 11.5 Å². The Morgan fingerprint density at radius 3 is 2.54 bits per heavy atom. The standard InChI is InChI=1S/C18H21N7O/c1-13(2)25-12-21-23-16(25)11-24(3)17(26)14-9-19-18(20-10-14)22-15-7-5-4-6-8-15/h4-10,12-13H,11H2,1-3H3,(H,19,20,22). The van der Waals surface area contributed by atoms with Gasteiger partial charge in [-0.15, -0.1) is 10.2 Å². The van der Waals surface area contributed by atoms with Crippen LogP contribution in [-0.2, 0) is 6.54 Å². The molecule has 1 N–H and O–H groups in total. The quantitative estimate of drug-likeness (QED) is 0.734. The normalized spacial score (nSPS) is 10.8. The first-order valence-corrected chi connectivity index (χ1v) is 8.32. The molecule has 0 aliphatic carbocycles. The predicted octanol–water partition coefficient (Wildman–Crippen LogP) is 2.66. The minimum absolute atomic E-state index is 0.172. The van der Waals surface area contributed by atoms with Gasteiger partial charge in [0.2, 0.25) is 5.95 Å². The summed E-state index contributed by atoms with van der Waals surface area (Å²) in [6, 6.07) is 9.84. The number of anilines is 2. The molecule has 0 unspecified atom stereocenters. The lowest BCUT2D eigenvalue weighted by molar-refractivity contribution is 0.0778. The van der Waals surface area contributed by atoms with Gasteiger partial charge in [-0.05, 0) is 26.0 Å². The summed E-state index contributed by atoms with van der Waals surface area (Å²) in [5, 5.41) is 11.1. The van der Waals surface area contributed by atoms with Crippen LogP contribution in [0.4, 0.5) is 11.6 Å². The van der Waals surface area contributed by atoms with Crippen molar-refractivity contribution in [3.63, 3.8) is 0 Å². The molecule has 8 nitrogen and oxygen atoms in total. The zero-order valence-electron chi connectivity index (χ0n) is 15.0. The lowest BCUT2D eigenvalue weighted by atomic mass is 10.3. The molecule has 1 amide bonds. The second-order valence-corrected chi connectivity index (χ2v) is 6.20. The second-order valence-electron chi connectivity index (χ2n) is 6.20. The van der Waals surface area contributed by atoms with E-state index in [4.69, 9.17) is 0 Å². The summed E-state index contributed by atoms with van der Waals surface area (Å²) in [4.78, 5) is 22.6. The van der Waals surface area contributed by atoms with E-state index < -0.39 is 0 Å². The van der Waals surface area contributed by atoms with Crippen molar-refractivity contribution >= 4 is 17.5 Å². The lowest BCUT2D eigenvalue weighted by Crippen LogP contribution is -2.28. The first-order valence-electron chi connectivity index (χ1n) is 8.32. The topological polar surface area (TPSA) is 88.8 Å². The summed E-state index contributed by atoms with van der Waals surface area (Å²) in [5.41, 5.74) is 1.30. The number of hydrogen-bond acceptors (Lipinski definition) is 6. The number of nitrogens with one attached hydrogen (secondary N) is 1. The largest absolute Gasteiger partial charge is 0.334 e. The smallest absolute Gasteiger partial charge is 0.257 e. The Balaban J connectivity index is 1.66. The summed E-state index contributed by atoms with van der Waals surface area (Å²) < 4.78 is 1.94. The molecule has 8 heteroatoms. The van der Waals surface area contributed by atoms with Gasteiger partial charge in [0, 0.05) is 31.2 Å². The van der Waals surface area contributed by atoms with Crippen molar-refractivity contribution in [1.29, 1.82) is 0 Å². The number of benzene rings is 1. The van der Waals surface area contributed by atoms with E-state index in [-0.39, 0.29) is 11.9 Å². The van der Waals surface area contributed by atoms with Gasteiger partial charge >= 0.3 is 0 Å². The maximum atomic E-state index is 12.6. The van der Waals surface area contributed by atoms with Crippen LogP contribution in [0, 0.1) is 0 Å². The lowest BCUT2D eigenvalue weighted by Gasteiger charge is -2.18. The molecule has 0 saturated carbocycles. The third-order valence-corrected chi connectivity index (χ3v) is 3.86. The fourth-order valence-electron chi connectivity index (χ4n) is 2.47. The Kier molecular flexibility index (Phi) is 5.21. The summed E-state index contributed by atoms with van der Waals surface area (Å²) in [6.45, 7) is 4.45. The van der Waals surface area contributed by atoms with Crippen molar-refractivity contribution in [2.24, 2.45) is 0 Å². The zero-order chi connectivity index (χ0) is 18.5. The molecule has 0 atom stereocenters. The summed E-state index contributed by atoms with van der Waals surface area (Å²) in [6.07, 6.45) is 4.71. The third kappa shape index (κ3) is 4.02. The first kappa shape index (κ1) is 17.5. The number of amides is 1. The van der Waals surface area contributed by atoms with E-state index in [0.29, 0.717) is 18.1 Å². The SMILES string of the molecule is CC(C)n1cnnc1CN(C)C(=O)c1cnc(Nc2ccccc2)nc1.